The van der Waals surface area contributed by atoms with E-state index in [1.54, 1.807) is 18.2 Å². The molecule has 12 heteroatoms. The van der Waals surface area contributed by atoms with Crippen LogP contribution in [0.3, 0.4) is 0 Å². The highest BCUT2D eigenvalue weighted by molar-refractivity contribution is 8.00. The third-order valence-electron chi connectivity index (χ3n) is 3.87. The van der Waals surface area contributed by atoms with Crippen molar-refractivity contribution >= 4 is 55.8 Å². The molecule has 0 saturated heterocycles. The molecular formula is C19H26N4O5S3. The first-order valence-electron chi connectivity index (χ1n) is 9.28. The van der Waals surface area contributed by atoms with Gasteiger partial charge in [-0.2, -0.15) is 0 Å². The van der Waals surface area contributed by atoms with Crippen LogP contribution in [-0.2, 0) is 26.2 Å². The molecule has 0 fully saturated rings. The third kappa shape index (κ3) is 6.92. The Morgan fingerprint density at radius 3 is 2.58 bits per heavy atom. The number of aromatic nitrogens is 1. The normalized spacial score (nSPS) is 11.5. The SMILES string of the molecule is CSc1sc(N(C(=O)C(N)=O)c2ccc(C)cc2OCC(C)C)nc1CNS(C)(=O)=O. The lowest BCUT2D eigenvalue weighted by atomic mass is 10.2. The fraction of sp³-hybridized carbons (Fsp3) is 0.421. The van der Waals surface area contributed by atoms with Crippen molar-refractivity contribution in [1.82, 2.24) is 9.71 Å². The van der Waals surface area contributed by atoms with Crippen molar-refractivity contribution in [3.05, 3.63) is 29.5 Å². The molecule has 1 aromatic heterocycles. The Labute approximate surface area is 190 Å². The van der Waals surface area contributed by atoms with Crippen molar-refractivity contribution in [1.29, 1.82) is 0 Å². The molecule has 3 N–H and O–H groups in total. The number of benzene rings is 1. The van der Waals surface area contributed by atoms with E-state index in [9.17, 15) is 18.0 Å². The average Bonchev–Trinajstić information content (AvgIpc) is 3.08. The lowest BCUT2D eigenvalue weighted by Gasteiger charge is -2.22. The number of aryl methyl sites for hydroxylation is 1. The molecule has 0 radical (unpaired) electrons. The predicted molar refractivity (Wildman–Crippen MR) is 123 cm³/mol. The molecule has 2 rings (SSSR count). The molecule has 0 unspecified atom stereocenters. The van der Waals surface area contributed by atoms with E-state index in [0.717, 1.165) is 28.1 Å². The van der Waals surface area contributed by atoms with Gasteiger partial charge in [0.1, 0.15) is 5.75 Å². The molecule has 1 aromatic carbocycles. The van der Waals surface area contributed by atoms with Gasteiger partial charge in [-0.1, -0.05) is 31.3 Å². The fourth-order valence-electron chi connectivity index (χ4n) is 2.48. The summed E-state index contributed by atoms with van der Waals surface area (Å²) in [6, 6.07) is 5.22. The number of thioether (sulfide) groups is 1. The second kappa shape index (κ2) is 10.4. The number of primary amides is 1. The van der Waals surface area contributed by atoms with Gasteiger partial charge in [0.25, 0.3) is 0 Å². The molecule has 2 aromatic rings. The molecular weight excluding hydrogens is 460 g/mol. The van der Waals surface area contributed by atoms with Gasteiger partial charge >= 0.3 is 11.8 Å². The van der Waals surface area contributed by atoms with E-state index in [2.05, 4.69) is 9.71 Å². The van der Waals surface area contributed by atoms with Crippen LogP contribution in [0.15, 0.2) is 22.4 Å². The van der Waals surface area contributed by atoms with Crippen molar-refractivity contribution in [3.63, 3.8) is 0 Å². The number of rotatable bonds is 9. The average molecular weight is 487 g/mol. The minimum Gasteiger partial charge on any atom is -0.491 e. The van der Waals surface area contributed by atoms with Crippen LogP contribution in [0.2, 0.25) is 0 Å². The summed E-state index contributed by atoms with van der Waals surface area (Å²) in [7, 11) is -3.44. The standard InChI is InChI=1S/C19H26N4O5S3/c1-11(2)10-28-15-8-12(3)6-7-14(15)23(17(25)16(20)24)19-22-13(18(29-4)30-19)9-21-31(5,26)27/h6-8,11,21H,9-10H2,1-5H3,(H2,20,24). The predicted octanol–water partition coefficient (Wildman–Crippen LogP) is 2.41. The summed E-state index contributed by atoms with van der Waals surface area (Å²) in [6.07, 6.45) is 2.86. The van der Waals surface area contributed by atoms with Crippen LogP contribution in [0.4, 0.5) is 10.8 Å². The summed E-state index contributed by atoms with van der Waals surface area (Å²) in [6.45, 7) is 6.24. The quantitative estimate of drug-likeness (QED) is 0.411. The van der Waals surface area contributed by atoms with Gasteiger partial charge in [-0.05, 0) is 36.8 Å². The smallest absolute Gasteiger partial charge is 0.322 e. The van der Waals surface area contributed by atoms with Crippen LogP contribution < -0.4 is 20.1 Å². The number of amides is 2. The number of nitrogens with zero attached hydrogens (tertiary/aromatic N) is 2. The van der Waals surface area contributed by atoms with Gasteiger partial charge in [0.05, 0.1) is 35.0 Å². The van der Waals surface area contributed by atoms with Gasteiger partial charge in [-0.3, -0.25) is 9.59 Å². The van der Waals surface area contributed by atoms with Crippen LogP contribution >= 0.6 is 23.1 Å². The molecule has 31 heavy (non-hydrogen) atoms. The number of hydrogen-bond donors (Lipinski definition) is 2. The molecule has 0 aliphatic carbocycles. The van der Waals surface area contributed by atoms with Crippen LogP contribution in [0.1, 0.15) is 25.1 Å². The number of nitrogens with two attached hydrogens (primary N) is 1. The van der Waals surface area contributed by atoms with E-state index in [-0.39, 0.29) is 17.6 Å². The zero-order chi connectivity index (χ0) is 23.3. The van der Waals surface area contributed by atoms with Crippen molar-refractivity contribution in [2.45, 2.75) is 31.5 Å². The zero-order valence-corrected chi connectivity index (χ0v) is 20.4. The number of nitrogens with one attached hydrogen (secondary N) is 1. The van der Waals surface area contributed by atoms with Crippen LogP contribution in [-0.4, -0.2) is 44.3 Å². The summed E-state index contributed by atoms with van der Waals surface area (Å²) >= 11 is 2.51. The largest absolute Gasteiger partial charge is 0.491 e. The van der Waals surface area contributed by atoms with E-state index >= 15 is 0 Å². The van der Waals surface area contributed by atoms with Gasteiger partial charge in [0, 0.05) is 0 Å². The molecule has 0 aliphatic heterocycles. The number of hydrogen-bond acceptors (Lipinski definition) is 8. The molecule has 2 amide bonds. The summed E-state index contributed by atoms with van der Waals surface area (Å²) in [5.41, 5.74) is 7.00. The first kappa shape index (κ1) is 25.1. The summed E-state index contributed by atoms with van der Waals surface area (Å²) in [5, 5.41) is 0.191. The molecule has 0 saturated carbocycles. The molecule has 0 bridgehead atoms. The summed E-state index contributed by atoms with van der Waals surface area (Å²) in [4.78, 5) is 30.2. The maximum atomic E-state index is 12.8. The van der Waals surface area contributed by atoms with Gasteiger partial charge in [-0.15, -0.1) is 11.8 Å². The number of carbonyl (C=O) groups excluding carboxylic acids is 2. The van der Waals surface area contributed by atoms with Crippen molar-refractivity contribution in [3.8, 4) is 5.75 Å². The number of sulfonamides is 1. The number of anilines is 2. The first-order chi connectivity index (χ1) is 14.4. The molecule has 0 atom stereocenters. The van der Waals surface area contributed by atoms with E-state index < -0.39 is 21.8 Å². The molecule has 1 heterocycles. The van der Waals surface area contributed by atoms with E-state index in [4.69, 9.17) is 10.5 Å². The van der Waals surface area contributed by atoms with Gasteiger partial charge < -0.3 is 10.5 Å². The monoisotopic (exact) mass is 486 g/mol. The molecule has 0 spiro atoms. The highest BCUT2D eigenvalue weighted by Gasteiger charge is 2.29. The number of thiazole rings is 1. The Morgan fingerprint density at radius 1 is 1.35 bits per heavy atom. The maximum absolute atomic E-state index is 12.8. The fourth-order valence-corrected chi connectivity index (χ4v) is 4.62. The third-order valence-corrected chi connectivity index (χ3v) is 6.77. The topological polar surface area (TPSA) is 132 Å². The zero-order valence-electron chi connectivity index (χ0n) is 18.0. The Balaban J connectivity index is 2.58. The van der Waals surface area contributed by atoms with Crippen LogP contribution in [0, 0.1) is 12.8 Å². The summed E-state index contributed by atoms with van der Waals surface area (Å²) < 4.78 is 32.0. The first-order valence-corrected chi connectivity index (χ1v) is 13.2. The van der Waals surface area contributed by atoms with Crippen molar-refractivity contribution in [2.75, 3.05) is 24.0 Å². The Morgan fingerprint density at radius 2 is 2.03 bits per heavy atom. The van der Waals surface area contributed by atoms with E-state index in [1.165, 1.54) is 11.8 Å². The number of ether oxygens (including phenoxy) is 1. The number of carbonyl (C=O) groups is 2. The van der Waals surface area contributed by atoms with E-state index in [1.807, 2.05) is 27.0 Å². The van der Waals surface area contributed by atoms with Gasteiger partial charge in [0.15, 0.2) is 5.13 Å². The minimum absolute atomic E-state index is 0.0469. The minimum atomic E-state index is -3.44. The van der Waals surface area contributed by atoms with Crippen molar-refractivity contribution in [2.24, 2.45) is 11.7 Å². The lowest BCUT2D eigenvalue weighted by Crippen LogP contribution is -2.37. The van der Waals surface area contributed by atoms with E-state index in [0.29, 0.717) is 27.9 Å². The second-order valence-electron chi connectivity index (χ2n) is 7.21. The maximum Gasteiger partial charge on any atom is 0.322 e. The Hall–Kier alpha value is -2.15. The van der Waals surface area contributed by atoms with Crippen LogP contribution in [0.25, 0.3) is 0 Å². The second-order valence-corrected chi connectivity index (χ2v) is 11.1. The summed E-state index contributed by atoms with van der Waals surface area (Å²) in [5.74, 6) is -1.46. The molecule has 0 aliphatic rings. The molecule has 170 valence electrons. The van der Waals surface area contributed by atoms with Crippen molar-refractivity contribution < 1.29 is 22.7 Å². The highest BCUT2D eigenvalue weighted by Crippen LogP contribution is 2.40. The molecule has 9 nitrogen and oxygen atoms in total. The Kier molecular flexibility index (Phi) is 8.46. The van der Waals surface area contributed by atoms with Gasteiger partial charge in [-0.25, -0.2) is 23.0 Å². The lowest BCUT2D eigenvalue weighted by molar-refractivity contribution is -0.135. The Bertz CT molecular complexity index is 1070. The highest BCUT2D eigenvalue weighted by atomic mass is 32.2. The van der Waals surface area contributed by atoms with Crippen LogP contribution in [0.5, 0.6) is 5.75 Å². The van der Waals surface area contributed by atoms with Gasteiger partial charge in [0.2, 0.25) is 10.0 Å².